The number of aryl methyl sites for hydroxylation is 1. The number of hydrogen-bond donors (Lipinski definition) is 0. The van der Waals surface area contributed by atoms with Crippen molar-refractivity contribution in [3.8, 4) is 5.75 Å². The van der Waals surface area contributed by atoms with Crippen molar-refractivity contribution in [2.75, 3.05) is 7.11 Å². The second kappa shape index (κ2) is 4.67. The first-order valence-corrected chi connectivity index (χ1v) is 5.93. The topological polar surface area (TPSA) is 26.3 Å². The number of ether oxygens (including phenoxy) is 1. The maximum atomic E-state index is 12.9. The van der Waals surface area contributed by atoms with Crippen molar-refractivity contribution in [3.05, 3.63) is 51.5 Å². The standard InChI is InChI=1S/C13H11FO2S/c1-8-5-9(14)3-4-11(8)13(15)12-6-10(16-2)7-17-12/h3-7H,1-2H3. The van der Waals surface area contributed by atoms with Crippen LogP contribution in [-0.4, -0.2) is 12.9 Å². The minimum atomic E-state index is -0.331. The van der Waals surface area contributed by atoms with Gasteiger partial charge in [0.15, 0.2) is 0 Å². The number of halogens is 1. The van der Waals surface area contributed by atoms with E-state index in [-0.39, 0.29) is 11.6 Å². The molecule has 0 aliphatic carbocycles. The Morgan fingerprint density at radius 3 is 2.71 bits per heavy atom. The van der Waals surface area contributed by atoms with Crippen molar-refractivity contribution in [1.82, 2.24) is 0 Å². The van der Waals surface area contributed by atoms with Gasteiger partial charge < -0.3 is 4.74 Å². The fourth-order valence-corrected chi connectivity index (χ4v) is 2.37. The quantitative estimate of drug-likeness (QED) is 0.780. The summed E-state index contributed by atoms with van der Waals surface area (Å²) in [6.45, 7) is 1.72. The predicted octanol–water partition coefficient (Wildman–Crippen LogP) is 3.44. The zero-order chi connectivity index (χ0) is 12.4. The Kier molecular flexibility index (Phi) is 3.24. The van der Waals surface area contributed by atoms with Crippen molar-refractivity contribution in [2.24, 2.45) is 0 Å². The van der Waals surface area contributed by atoms with Crippen molar-refractivity contribution >= 4 is 17.1 Å². The zero-order valence-corrected chi connectivity index (χ0v) is 10.3. The molecule has 0 atom stereocenters. The van der Waals surface area contributed by atoms with Crippen LogP contribution in [-0.2, 0) is 0 Å². The molecule has 0 saturated carbocycles. The summed E-state index contributed by atoms with van der Waals surface area (Å²) in [6, 6.07) is 5.86. The van der Waals surface area contributed by atoms with Gasteiger partial charge in [0.2, 0.25) is 5.78 Å². The van der Waals surface area contributed by atoms with Crippen LogP contribution in [0.25, 0.3) is 0 Å². The Morgan fingerprint density at radius 1 is 1.35 bits per heavy atom. The maximum Gasteiger partial charge on any atom is 0.203 e. The number of thiophene rings is 1. The summed E-state index contributed by atoms with van der Waals surface area (Å²) < 4.78 is 18.0. The monoisotopic (exact) mass is 250 g/mol. The van der Waals surface area contributed by atoms with E-state index < -0.39 is 0 Å². The van der Waals surface area contributed by atoms with E-state index in [1.165, 1.54) is 29.5 Å². The molecule has 0 fully saturated rings. The van der Waals surface area contributed by atoms with Crippen LogP contribution in [0.2, 0.25) is 0 Å². The molecule has 0 unspecified atom stereocenters. The number of benzene rings is 1. The SMILES string of the molecule is COc1csc(C(=O)c2ccc(F)cc2C)c1. The predicted molar refractivity (Wildman–Crippen MR) is 65.4 cm³/mol. The van der Waals surface area contributed by atoms with Gasteiger partial charge in [-0.15, -0.1) is 11.3 Å². The van der Waals surface area contributed by atoms with E-state index in [2.05, 4.69) is 0 Å². The molecule has 0 amide bonds. The van der Waals surface area contributed by atoms with Gasteiger partial charge in [0.1, 0.15) is 11.6 Å². The summed E-state index contributed by atoms with van der Waals surface area (Å²) in [7, 11) is 1.56. The van der Waals surface area contributed by atoms with E-state index in [1.807, 2.05) is 0 Å². The van der Waals surface area contributed by atoms with Crippen molar-refractivity contribution < 1.29 is 13.9 Å². The van der Waals surface area contributed by atoms with E-state index in [1.54, 1.807) is 25.5 Å². The lowest BCUT2D eigenvalue weighted by atomic mass is 10.0. The molecule has 17 heavy (non-hydrogen) atoms. The Balaban J connectivity index is 2.36. The van der Waals surface area contributed by atoms with Crippen LogP contribution in [0.3, 0.4) is 0 Å². The molecule has 1 heterocycles. The van der Waals surface area contributed by atoms with Gasteiger partial charge >= 0.3 is 0 Å². The first-order chi connectivity index (χ1) is 8.11. The van der Waals surface area contributed by atoms with Gasteiger partial charge in [0.25, 0.3) is 0 Å². The maximum absolute atomic E-state index is 12.9. The van der Waals surface area contributed by atoms with Crippen LogP contribution in [0.1, 0.15) is 20.8 Å². The van der Waals surface area contributed by atoms with Crippen LogP contribution < -0.4 is 4.74 Å². The molecule has 2 nitrogen and oxygen atoms in total. The number of rotatable bonds is 3. The van der Waals surface area contributed by atoms with Gasteiger partial charge in [0.05, 0.1) is 12.0 Å². The molecule has 1 aromatic heterocycles. The number of hydrogen-bond acceptors (Lipinski definition) is 3. The minimum absolute atomic E-state index is 0.101. The molecule has 0 N–H and O–H groups in total. The lowest BCUT2D eigenvalue weighted by molar-refractivity contribution is 0.104. The van der Waals surface area contributed by atoms with E-state index in [4.69, 9.17) is 4.74 Å². The molecule has 0 radical (unpaired) electrons. The number of ketones is 1. The van der Waals surface area contributed by atoms with Crippen LogP contribution in [0, 0.1) is 12.7 Å². The van der Waals surface area contributed by atoms with Crippen LogP contribution in [0.5, 0.6) is 5.75 Å². The molecule has 0 spiro atoms. The summed E-state index contributed by atoms with van der Waals surface area (Å²) >= 11 is 1.32. The van der Waals surface area contributed by atoms with Gasteiger partial charge in [0, 0.05) is 17.0 Å². The number of carbonyl (C=O) groups is 1. The summed E-state index contributed by atoms with van der Waals surface area (Å²) in [4.78, 5) is 12.7. The van der Waals surface area contributed by atoms with Crippen LogP contribution in [0.15, 0.2) is 29.6 Å². The Morgan fingerprint density at radius 2 is 2.12 bits per heavy atom. The highest BCUT2D eigenvalue weighted by atomic mass is 32.1. The highest BCUT2D eigenvalue weighted by Crippen LogP contribution is 2.25. The summed E-state index contributed by atoms with van der Waals surface area (Å²) in [6.07, 6.45) is 0. The third-order valence-corrected chi connectivity index (χ3v) is 3.38. The smallest absolute Gasteiger partial charge is 0.203 e. The molecule has 0 aliphatic rings. The molecule has 4 heteroatoms. The molecule has 0 saturated heterocycles. The van der Waals surface area contributed by atoms with Crippen molar-refractivity contribution in [3.63, 3.8) is 0 Å². The lowest BCUT2D eigenvalue weighted by Gasteiger charge is -2.02. The van der Waals surface area contributed by atoms with Gasteiger partial charge in [-0.3, -0.25) is 4.79 Å². The first kappa shape index (κ1) is 11.8. The zero-order valence-electron chi connectivity index (χ0n) is 9.49. The van der Waals surface area contributed by atoms with Crippen molar-refractivity contribution in [1.29, 1.82) is 0 Å². The van der Waals surface area contributed by atoms with Gasteiger partial charge in [-0.2, -0.15) is 0 Å². The summed E-state index contributed by atoms with van der Waals surface area (Å²) in [5.41, 5.74) is 1.17. The molecule has 88 valence electrons. The molecular formula is C13H11FO2S. The Hall–Kier alpha value is -1.68. The van der Waals surface area contributed by atoms with Gasteiger partial charge in [-0.1, -0.05) is 0 Å². The molecule has 2 rings (SSSR count). The summed E-state index contributed by atoms with van der Waals surface area (Å²) in [5, 5.41) is 1.77. The third-order valence-electron chi connectivity index (χ3n) is 2.47. The summed E-state index contributed by atoms with van der Waals surface area (Å²) in [5.74, 6) is 0.233. The average Bonchev–Trinajstić information content (AvgIpc) is 2.76. The number of carbonyl (C=O) groups excluding carboxylic acids is 1. The largest absolute Gasteiger partial charge is 0.496 e. The highest BCUT2D eigenvalue weighted by molar-refractivity contribution is 7.12. The van der Waals surface area contributed by atoms with Crippen molar-refractivity contribution in [2.45, 2.75) is 6.92 Å². The first-order valence-electron chi connectivity index (χ1n) is 5.05. The van der Waals surface area contributed by atoms with Gasteiger partial charge in [-0.05, 0) is 30.7 Å². The molecule has 0 aliphatic heterocycles. The van der Waals surface area contributed by atoms with E-state index in [0.29, 0.717) is 21.8 Å². The highest BCUT2D eigenvalue weighted by Gasteiger charge is 2.14. The van der Waals surface area contributed by atoms with E-state index >= 15 is 0 Å². The fraction of sp³-hybridized carbons (Fsp3) is 0.154. The van der Waals surface area contributed by atoms with E-state index in [9.17, 15) is 9.18 Å². The second-order valence-corrected chi connectivity index (χ2v) is 4.55. The van der Waals surface area contributed by atoms with Crippen LogP contribution in [0.4, 0.5) is 4.39 Å². The minimum Gasteiger partial charge on any atom is -0.496 e. The second-order valence-electron chi connectivity index (χ2n) is 3.64. The van der Waals surface area contributed by atoms with Crippen LogP contribution >= 0.6 is 11.3 Å². The molecule has 2 aromatic rings. The Bertz CT molecular complexity index is 560. The average molecular weight is 250 g/mol. The van der Waals surface area contributed by atoms with Gasteiger partial charge in [-0.25, -0.2) is 4.39 Å². The lowest BCUT2D eigenvalue weighted by Crippen LogP contribution is -2.01. The Labute approximate surface area is 103 Å². The molecule has 0 bridgehead atoms. The fourth-order valence-electron chi connectivity index (χ4n) is 1.56. The van der Waals surface area contributed by atoms with E-state index in [0.717, 1.165) is 0 Å². The molecular weight excluding hydrogens is 239 g/mol. The number of methoxy groups -OCH3 is 1. The third kappa shape index (κ3) is 2.36. The normalized spacial score (nSPS) is 10.3. The molecule has 1 aromatic carbocycles.